The molecule has 8 atom stereocenters. The molecule has 5 aliphatic rings. The molecule has 0 amide bonds. The highest BCUT2D eigenvalue weighted by Gasteiger charge is 2.69. The quantitative estimate of drug-likeness (QED) is 0.697. The summed E-state index contributed by atoms with van der Waals surface area (Å²) in [6, 6.07) is 0. The molecular weight excluding hydrogens is 272 g/mol. The topological polar surface area (TPSA) is 46.2 Å². The Hall–Kier alpha value is -0.200. The SMILES string of the molecule is COC1OC2OC3(C)CCC4C(C)CCC([C@H]1C)C24OO3. The van der Waals surface area contributed by atoms with Gasteiger partial charge >= 0.3 is 0 Å². The van der Waals surface area contributed by atoms with Crippen molar-refractivity contribution >= 4 is 0 Å². The summed E-state index contributed by atoms with van der Waals surface area (Å²) < 4.78 is 17.9. The molecule has 1 saturated carbocycles. The minimum Gasteiger partial charge on any atom is -0.355 e. The van der Waals surface area contributed by atoms with Gasteiger partial charge in [-0.3, -0.25) is 0 Å². The normalized spacial score (nSPS) is 59.4. The van der Waals surface area contributed by atoms with E-state index in [1.807, 2.05) is 6.92 Å². The van der Waals surface area contributed by atoms with Crippen molar-refractivity contribution in [2.24, 2.45) is 23.7 Å². The lowest BCUT2D eigenvalue weighted by atomic mass is 9.58. The van der Waals surface area contributed by atoms with Gasteiger partial charge < -0.3 is 14.2 Å². The second kappa shape index (κ2) is 4.65. The number of hydrogen-bond donors (Lipinski definition) is 0. The maximum absolute atomic E-state index is 6.21. The molecule has 4 saturated heterocycles. The van der Waals surface area contributed by atoms with E-state index in [0.29, 0.717) is 17.8 Å². The lowest BCUT2D eigenvalue weighted by Gasteiger charge is -2.60. The lowest BCUT2D eigenvalue weighted by Crippen LogP contribution is -2.70. The first-order valence-electron chi connectivity index (χ1n) is 8.23. The molecule has 5 fully saturated rings. The average molecular weight is 298 g/mol. The van der Waals surface area contributed by atoms with Gasteiger partial charge in [-0.2, -0.15) is 0 Å². The van der Waals surface area contributed by atoms with E-state index >= 15 is 0 Å². The Bertz CT molecular complexity index is 429. The van der Waals surface area contributed by atoms with Gasteiger partial charge in [0.2, 0.25) is 5.79 Å². The standard InChI is InChI=1S/C16H26O5/c1-9-5-6-12-10(2)13(17-4)18-14-16(12)11(9)7-8-15(3,19-14)20-21-16/h9-14H,5-8H2,1-4H3/t9?,10-,11?,12?,13?,14?,15?,16?/m1/s1. The van der Waals surface area contributed by atoms with E-state index in [0.717, 1.165) is 19.3 Å². The zero-order valence-corrected chi connectivity index (χ0v) is 13.3. The molecule has 21 heavy (non-hydrogen) atoms. The largest absolute Gasteiger partial charge is 0.355 e. The van der Waals surface area contributed by atoms with E-state index in [1.165, 1.54) is 6.42 Å². The molecule has 0 aromatic carbocycles. The van der Waals surface area contributed by atoms with Gasteiger partial charge in [-0.1, -0.05) is 13.8 Å². The molecule has 1 spiro atoms. The van der Waals surface area contributed by atoms with Gasteiger partial charge in [0.05, 0.1) is 0 Å². The van der Waals surface area contributed by atoms with E-state index in [2.05, 4.69) is 13.8 Å². The van der Waals surface area contributed by atoms with Crippen LogP contribution in [0, 0.1) is 23.7 Å². The summed E-state index contributed by atoms with van der Waals surface area (Å²) in [5, 5.41) is 0. The minimum absolute atomic E-state index is 0.230. The van der Waals surface area contributed by atoms with Gasteiger partial charge in [-0.05, 0) is 38.0 Å². The van der Waals surface area contributed by atoms with Crippen LogP contribution in [0.5, 0.6) is 0 Å². The molecule has 5 heteroatoms. The monoisotopic (exact) mass is 298 g/mol. The molecule has 4 heterocycles. The first-order valence-corrected chi connectivity index (χ1v) is 8.23. The summed E-state index contributed by atoms with van der Waals surface area (Å²) in [5.41, 5.74) is -0.470. The number of hydrogen-bond acceptors (Lipinski definition) is 5. The van der Waals surface area contributed by atoms with Crippen LogP contribution in [0.25, 0.3) is 0 Å². The molecule has 5 rings (SSSR count). The molecule has 7 unspecified atom stereocenters. The highest BCUT2D eigenvalue weighted by molar-refractivity contribution is 5.08. The molecule has 0 radical (unpaired) electrons. The number of fused-ring (bicyclic) bond motifs is 2. The van der Waals surface area contributed by atoms with Crippen molar-refractivity contribution in [2.45, 2.75) is 70.4 Å². The first kappa shape index (κ1) is 14.4. The van der Waals surface area contributed by atoms with E-state index < -0.39 is 17.7 Å². The second-order valence-electron chi connectivity index (χ2n) is 7.51. The van der Waals surface area contributed by atoms with Crippen molar-refractivity contribution in [3.63, 3.8) is 0 Å². The zero-order valence-electron chi connectivity index (χ0n) is 13.3. The van der Waals surface area contributed by atoms with Crippen LogP contribution < -0.4 is 0 Å². The Morgan fingerprint density at radius 2 is 1.86 bits per heavy atom. The second-order valence-corrected chi connectivity index (χ2v) is 7.51. The molecule has 0 aromatic rings. The highest BCUT2D eigenvalue weighted by Crippen LogP contribution is 2.60. The van der Waals surface area contributed by atoms with Crippen LogP contribution in [0.4, 0.5) is 0 Å². The van der Waals surface area contributed by atoms with Gasteiger partial charge in [-0.15, -0.1) is 0 Å². The molecule has 0 N–H and O–H groups in total. The van der Waals surface area contributed by atoms with Crippen LogP contribution in [0.1, 0.15) is 46.5 Å². The van der Waals surface area contributed by atoms with E-state index in [1.54, 1.807) is 7.11 Å². The Morgan fingerprint density at radius 3 is 2.62 bits per heavy atom. The van der Waals surface area contributed by atoms with Crippen LogP contribution in [-0.2, 0) is 24.0 Å². The van der Waals surface area contributed by atoms with Gasteiger partial charge in [0.1, 0.15) is 0 Å². The molecule has 2 bridgehead atoms. The van der Waals surface area contributed by atoms with Crippen molar-refractivity contribution < 1.29 is 24.0 Å². The van der Waals surface area contributed by atoms with Crippen LogP contribution in [0.2, 0.25) is 0 Å². The molecule has 120 valence electrons. The number of ether oxygens (including phenoxy) is 3. The Labute approximate surface area is 126 Å². The van der Waals surface area contributed by atoms with Crippen molar-refractivity contribution in [3.05, 3.63) is 0 Å². The number of methoxy groups -OCH3 is 1. The first-order chi connectivity index (χ1) is 10.00. The van der Waals surface area contributed by atoms with Crippen molar-refractivity contribution in [1.29, 1.82) is 0 Å². The molecule has 4 aliphatic heterocycles. The smallest absolute Gasteiger partial charge is 0.201 e. The fourth-order valence-electron chi connectivity index (χ4n) is 5.14. The fraction of sp³-hybridized carbons (Fsp3) is 1.00. The summed E-state index contributed by atoms with van der Waals surface area (Å²) in [4.78, 5) is 11.8. The van der Waals surface area contributed by atoms with Gasteiger partial charge in [-0.25, -0.2) is 9.78 Å². The Morgan fingerprint density at radius 1 is 1.05 bits per heavy atom. The van der Waals surface area contributed by atoms with Crippen LogP contribution in [0.3, 0.4) is 0 Å². The summed E-state index contributed by atoms with van der Waals surface area (Å²) in [6.45, 7) is 6.46. The van der Waals surface area contributed by atoms with Gasteiger partial charge in [0.25, 0.3) is 0 Å². The highest BCUT2D eigenvalue weighted by atomic mass is 17.3. The van der Waals surface area contributed by atoms with Crippen LogP contribution in [0.15, 0.2) is 0 Å². The lowest BCUT2D eigenvalue weighted by molar-refractivity contribution is -0.577. The maximum Gasteiger partial charge on any atom is 0.201 e. The zero-order chi connectivity index (χ0) is 14.8. The molecule has 1 aliphatic carbocycles. The molecule has 5 nitrogen and oxygen atoms in total. The van der Waals surface area contributed by atoms with Crippen molar-refractivity contribution in [1.82, 2.24) is 0 Å². The van der Waals surface area contributed by atoms with Gasteiger partial charge in [0.15, 0.2) is 18.2 Å². The average Bonchev–Trinajstić information content (AvgIpc) is 2.69. The molecule has 0 aromatic heterocycles. The fourth-order valence-corrected chi connectivity index (χ4v) is 5.14. The summed E-state index contributed by atoms with van der Waals surface area (Å²) in [6.07, 6.45) is 3.64. The van der Waals surface area contributed by atoms with Crippen molar-refractivity contribution in [3.8, 4) is 0 Å². The van der Waals surface area contributed by atoms with Crippen molar-refractivity contribution in [2.75, 3.05) is 7.11 Å². The van der Waals surface area contributed by atoms with E-state index in [9.17, 15) is 0 Å². The van der Waals surface area contributed by atoms with Gasteiger partial charge in [0, 0.05) is 25.4 Å². The third-order valence-corrected chi connectivity index (χ3v) is 6.33. The Kier molecular flexibility index (Phi) is 3.19. The summed E-state index contributed by atoms with van der Waals surface area (Å²) >= 11 is 0. The number of rotatable bonds is 1. The van der Waals surface area contributed by atoms with E-state index in [4.69, 9.17) is 24.0 Å². The predicted molar refractivity (Wildman–Crippen MR) is 73.8 cm³/mol. The minimum atomic E-state index is -0.698. The van der Waals surface area contributed by atoms with Crippen LogP contribution >= 0.6 is 0 Å². The Balaban J connectivity index is 1.79. The van der Waals surface area contributed by atoms with Crippen LogP contribution in [-0.4, -0.2) is 31.1 Å². The molecular formula is C16H26O5. The maximum atomic E-state index is 6.21. The third kappa shape index (κ3) is 1.81. The summed E-state index contributed by atoms with van der Waals surface area (Å²) in [7, 11) is 1.70. The van der Waals surface area contributed by atoms with E-state index in [-0.39, 0.29) is 12.2 Å². The predicted octanol–water partition coefficient (Wildman–Crippen LogP) is 2.84. The summed E-state index contributed by atoms with van der Waals surface area (Å²) in [5.74, 6) is 0.953. The third-order valence-electron chi connectivity index (χ3n) is 6.33.